The van der Waals surface area contributed by atoms with E-state index >= 15 is 0 Å². The monoisotopic (exact) mass is 412 g/mol. The smallest absolute Gasteiger partial charge is 0.224 e. The van der Waals surface area contributed by atoms with Gasteiger partial charge in [-0.2, -0.15) is 0 Å². The van der Waals surface area contributed by atoms with Crippen molar-refractivity contribution in [1.82, 2.24) is 15.3 Å². The van der Waals surface area contributed by atoms with E-state index in [0.717, 1.165) is 27.7 Å². The molecular formula is C22H22ClFN4O. The Labute approximate surface area is 173 Å². The zero-order valence-electron chi connectivity index (χ0n) is 16.3. The molecule has 0 saturated heterocycles. The van der Waals surface area contributed by atoms with Crippen LogP contribution >= 0.6 is 11.6 Å². The van der Waals surface area contributed by atoms with Gasteiger partial charge in [0.05, 0.1) is 5.02 Å². The highest BCUT2D eigenvalue weighted by Gasteiger charge is 2.13. The molecule has 0 atom stereocenters. The van der Waals surface area contributed by atoms with Crippen LogP contribution in [0.5, 0.6) is 0 Å². The number of aryl methyl sites for hydroxylation is 1. The number of H-pyrrole nitrogens is 1. The zero-order chi connectivity index (χ0) is 21.0. The number of allylic oxidation sites excluding steroid dienone is 2. The number of rotatable bonds is 7. The maximum absolute atomic E-state index is 13.0. The van der Waals surface area contributed by atoms with Crippen molar-refractivity contribution in [2.45, 2.75) is 33.1 Å². The number of nitrogens with one attached hydrogen (secondary N) is 3. The van der Waals surface area contributed by atoms with Gasteiger partial charge < -0.3 is 15.7 Å². The van der Waals surface area contributed by atoms with Crippen molar-refractivity contribution in [3.05, 3.63) is 76.0 Å². The Bertz CT molecular complexity index is 1090. The number of hydrogen-bond acceptors (Lipinski definition) is 3. The molecular weight excluding hydrogens is 391 g/mol. The molecule has 3 N–H and O–H groups in total. The Kier molecular flexibility index (Phi) is 6.44. The first kappa shape index (κ1) is 20.7. The molecule has 0 aliphatic rings. The summed E-state index contributed by atoms with van der Waals surface area (Å²) in [6, 6.07) is 7.96. The number of benzene rings is 1. The van der Waals surface area contributed by atoms with Crippen LogP contribution in [0.25, 0.3) is 11.0 Å². The Morgan fingerprint density at radius 3 is 2.69 bits per heavy atom. The summed E-state index contributed by atoms with van der Waals surface area (Å²) < 4.78 is 13.0. The number of carbonyl (C=O) groups is 1. The summed E-state index contributed by atoms with van der Waals surface area (Å²) in [6.07, 6.45) is 4.70. The maximum atomic E-state index is 13.0. The first-order valence-electron chi connectivity index (χ1n) is 9.24. The Morgan fingerprint density at radius 2 is 2.00 bits per heavy atom. The topological polar surface area (TPSA) is 81.6 Å². The fourth-order valence-electron chi connectivity index (χ4n) is 3.17. The van der Waals surface area contributed by atoms with Gasteiger partial charge in [-0.1, -0.05) is 23.7 Å². The summed E-state index contributed by atoms with van der Waals surface area (Å²) in [5.41, 5.74) is 4.34. The van der Waals surface area contributed by atoms with Crippen LogP contribution in [0, 0.1) is 11.2 Å². The molecule has 5 nitrogen and oxygen atoms in total. The molecule has 0 radical (unpaired) electrons. The molecule has 3 rings (SSSR count). The standard InChI is InChI=1S/C22H22ClFN4O/c1-13(25)19(9-16-11-26-22-20(16)10-17(23)12-27-22)14(2)28-21(29)8-5-15-3-6-18(24)7-4-15/h3-4,6-7,10-12,25H,5,8-9H2,1-2H3,(H,26,27)(H,28,29)/b19-14-,25-13?. The molecule has 0 bridgehead atoms. The fraction of sp³-hybridized carbons (Fsp3) is 0.227. The van der Waals surface area contributed by atoms with E-state index in [1.807, 2.05) is 12.3 Å². The van der Waals surface area contributed by atoms with Crippen molar-refractivity contribution in [2.24, 2.45) is 0 Å². The van der Waals surface area contributed by atoms with E-state index in [0.29, 0.717) is 29.3 Å². The molecule has 0 spiro atoms. The minimum atomic E-state index is -0.295. The average molecular weight is 413 g/mol. The van der Waals surface area contributed by atoms with Gasteiger partial charge in [-0.15, -0.1) is 0 Å². The van der Waals surface area contributed by atoms with E-state index in [-0.39, 0.29) is 18.1 Å². The van der Waals surface area contributed by atoms with Crippen molar-refractivity contribution in [3.63, 3.8) is 0 Å². The van der Waals surface area contributed by atoms with Crippen LogP contribution in [0.4, 0.5) is 4.39 Å². The molecule has 7 heteroatoms. The van der Waals surface area contributed by atoms with Gasteiger partial charge in [-0.25, -0.2) is 9.37 Å². The first-order valence-corrected chi connectivity index (χ1v) is 9.62. The van der Waals surface area contributed by atoms with Gasteiger partial charge in [0.15, 0.2) is 0 Å². The van der Waals surface area contributed by atoms with Gasteiger partial charge in [0, 0.05) is 42.0 Å². The molecule has 29 heavy (non-hydrogen) atoms. The van der Waals surface area contributed by atoms with Gasteiger partial charge in [0.1, 0.15) is 11.5 Å². The number of hydrogen-bond donors (Lipinski definition) is 3. The molecule has 2 heterocycles. The zero-order valence-corrected chi connectivity index (χ0v) is 17.0. The summed E-state index contributed by atoms with van der Waals surface area (Å²) in [5.74, 6) is -0.439. The Morgan fingerprint density at radius 1 is 1.28 bits per heavy atom. The highest BCUT2D eigenvalue weighted by atomic mass is 35.5. The van der Waals surface area contributed by atoms with Crippen molar-refractivity contribution < 1.29 is 9.18 Å². The number of pyridine rings is 1. The quantitative estimate of drug-likeness (QED) is 0.479. The molecule has 2 aromatic heterocycles. The van der Waals surface area contributed by atoms with Crippen molar-refractivity contribution in [2.75, 3.05) is 0 Å². The highest BCUT2D eigenvalue weighted by Crippen LogP contribution is 2.23. The van der Waals surface area contributed by atoms with Gasteiger partial charge in [-0.05, 0) is 55.2 Å². The molecule has 1 aromatic carbocycles. The Balaban J connectivity index is 1.72. The van der Waals surface area contributed by atoms with Crippen LogP contribution in [-0.4, -0.2) is 21.6 Å². The van der Waals surface area contributed by atoms with Crippen molar-refractivity contribution in [3.8, 4) is 0 Å². The number of carbonyl (C=O) groups excluding carboxylic acids is 1. The van der Waals surface area contributed by atoms with Crippen molar-refractivity contribution in [1.29, 1.82) is 5.41 Å². The Hall–Kier alpha value is -2.99. The van der Waals surface area contributed by atoms with E-state index in [2.05, 4.69) is 15.3 Å². The normalized spacial score (nSPS) is 12.0. The predicted molar refractivity (Wildman–Crippen MR) is 114 cm³/mol. The third-order valence-corrected chi connectivity index (χ3v) is 4.94. The molecule has 0 aliphatic heterocycles. The minimum absolute atomic E-state index is 0.144. The molecule has 3 aromatic rings. The first-order chi connectivity index (χ1) is 13.8. The molecule has 0 aliphatic carbocycles. The van der Waals surface area contributed by atoms with Gasteiger partial charge in [-0.3, -0.25) is 4.79 Å². The third kappa shape index (κ3) is 5.29. The summed E-state index contributed by atoms with van der Waals surface area (Å²) in [4.78, 5) is 19.7. The van der Waals surface area contributed by atoms with Crippen LogP contribution < -0.4 is 5.32 Å². The molecule has 150 valence electrons. The van der Waals surface area contributed by atoms with Crippen LogP contribution in [-0.2, 0) is 17.6 Å². The van der Waals surface area contributed by atoms with E-state index in [1.165, 1.54) is 12.1 Å². The van der Waals surface area contributed by atoms with E-state index in [4.69, 9.17) is 17.0 Å². The van der Waals surface area contributed by atoms with Crippen molar-refractivity contribution >= 4 is 34.3 Å². The highest BCUT2D eigenvalue weighted by molar-refractivity contribution is 6.31. The number of fused-ring (bicyclic) bond motifs is 1. The largest absolute Gasteiger partial charge is 0.346 e. The van der Waals surface area contributed by atoms with Gasteiger partial charge >= 0.3 is 0 Å². The second-order valence-electron chi connectivity index (χ2n) is 6.94. The summed E-state index contributed by atoms with van der Waals surface area (Å²) in [6.45, 7) is 3.49. The van der Waals surface area contributed by atoms with Crippen LogP contribution in [0.2, 0.25) is 5.02 Å². The number of halogens is 2. The lowest BCUT2D eigenvalue weighted by Gasteiger charge is -2.13. The third-order valence-electron chi connectivity index (χ3n) is 4.74. The molecule has 0 unspecified atom stereocenters. The maximum Gasteiger partial charge on any atom is 0.224 e. The number of amides is 1. The van der Waals surface area contributed by atoms with E-state index < -0.39 is 0 Å². The average Bonchev–Trinajstić information content (AvgIpc) is 3.07. The second kappa shape index (κ2) is 9.01. The molecule has 0 saturated carbocycles. The van der Waals surface area contributed by atoms with E-state index in [1.54, 1.807) is 32.2 Å². The van der Waals surface area contributed by atoms with Gasteiger partial charge in [0.2, 0.25) is 5.91 Å². The second-order valence-corrected chi connectivity index (χ2v) is 7.38. The lowest BCUT2D eigenvalue weighted by Crippen LogP contribution is -2.24. The minimum Gasteiger partial charge on any atom is -0.346 e. The van der Waals surface area contributed by atoms with Crippen LogP contribution in [0.3, 0.4) is 0 Å². The number of aromatic nitrogens is 2. The molecule has 1 amide bonds. The van der Waals surface area contributed by atoms with Crippen LogP contribution in [0.1, 0.15) is 31.4 Å². The van der Waals surface area contributed by atoms with Crippen LogP contribution in [0.15, 0.2) is 54.0 Å². The lowest BCUT2D eigenvalue weighted by atomic mass is 10.00. The molecule has 0 fully saturated rings. The summed E-state index contributed by atoms with van der Waals surface area (Å²) in [5, 5.41) is 12.5. The number of nitrogens with zero attached hydrogens (tertiary/aromatic N) is 1. The number of aromatic amines is 1. The lowest BCUT2D eigenvalue weighted by molar-refractivity contribution is -0.120. The van der Waals surface area contributed by atoms with Gasteiger partial charge in [0.25, 0.3) is 0 Å². The summed E-state index contributed by atoms with van der Waals surface area (Å²) >= 11 is 6.06. The fourth-order valence-corrected chi connectivity index (χ4v) is 3.33. The summed E-state index contributed by atoms with van der Waals surface area (Å²) in [7, 11) is 0. The van der Waals surface area contributed by atoms with E-state index in [9.17, 15) is 9.18 Å². The predicted octanol–water partition coefficient (Wildman–Crippen LogP) is 4.96. The SMILES string of the molecule is CC(=N)/C(Cc1c[nH]c2ncc(Cl)cc12)=C(/C)NC(=O)CCc1ccc(F)cc1.